The molecule has 110 valence electrons. The molecule has 0 aliphatic heterocycles. The standard InChI is InChI=1S/C17H22N4/c1-12-3-5-13(6-4-12)16-15(19-10-2-9-18)11-20-17(21-16)14-7-8-14/h3-6,11,14,19H,2,7-10,18H2,1H3. The van der Waals surface area contributed by atoms with E-state index in [0.29, 0.717) is 12.5 Å². The first-order valence-electron chi connectivity index (χ1n) is 7.66. The van der Waals surface area contributed by atoms with Crippen LogP contribution in [0.3, 0.4) is 0 Å². The quantitative estimate of drug-likeness (QED) is 0.799. The number of hydrogen-bond acceptors (Lipinski definition) is 4. The van der Waals surface area contributed by atoms with Crippen molar-refractivity contribution in [3.63, 3.8) is 0 Å². The van der Waals surface area contributed by atoms with Gasteiger partial charge >= 0.3 is 0 Å². The molecule has 0 unspecified atom stereocenters. The molecule has 1 aliphatic rings. The molecule has 0 radical (unpaired) electrons. The number of aryl methyl sites for hydroxylation is 1. The Morgan fingerprint density at radius 1 is 1.24 bits per heavy atom. The molecule has 21 heavy (non-hydrogen) atoms. The van der Waals surface area contributed by atoms with Gasteiger partial charge in [0, 0.05) is 18.0 Å². The van der Waals surface area contributed by atoms with E-state index in [1.165, 1.54) is 18.4 Å². The van der Waals surface area contributed by atoms with Crippen LogP contribution in [-0.4, -0.2) is 23.1 Å². The van der Waals surface area contributed by atoms with Gasteiger partial charge in [0.15, 0.2) is 0 Å². The van der Waals surface area contributed by atoms with Crippen molar-refractivity contribution in [3.05, 3.63) is 41.9 Å². The topological polar surface area (TPSA) is 63.8 Å². The number of nitrogens with zero attached hydrogens (tertiary/aromatic N) is 2. The summed E-state index contributed by atoms with van der Waals surface area (Å²) in [4.78, 5) is 9.33. The normalized spacial score (nSPS) is 14.2. The Kier molecular flexibility index (Phi) is 4.15. The van der Waals surface area contributed by atoms with Crippen LogP contribution in [0.4, 0.5) is 5.69 Å². The molecular formula is C17H22N4. The Labute approximate surface area is 125 Å². The van der Waals surface area contributed by atoms with Crippen LogP contribution in [0.15, 0.2) is 30.5 Å². The molecule has 0 amide bonds. The van der Waals surface area contributed by atoms with Crippen molar-refractivity contribution in [1.29, 1.82) is 0 Å². The van der Waals surface area contributed by atoms with Crippen molar-refractivity contribution >= 4 is 5.69 Å². The third kappa shape index (κ3) is 3.39. The predicted octanol–water partition coefficient (Wildman–Crippen LogP) is 3.09. The minimum atomic E-state index is 0.562. The third-order valence-corrected chi connectivity index (χ3v) is 3.77. The highest BCUT2D eigenvalue weighted by Crippen LogP contribution is 2.39. The highest BCUT2D eigenvalue weighted by Gasteiger charge is 2.27. The summed E-state index contributed by atoms with van der Waals surface area (Å²) in [7, 11) is 0. The molecule has 1 saturated carbocycles. The van der Waals surface area contributed by atoms with E-state index in [1.54, 1.807) is 0 Å². The summed E-state index contributed by atoms with van der Waals surface area (Å²) in [6.45, 7) is 3.63. The van der Waals surface area contributed by atoms with E-state index in [1.807, 2.05) is 6.20 Å². The van der Waals surface area contributed by atoms with E-state index in [-0.39, 0.29) is 0 Å². The average molecular weight is 282 g/mol. The number of benzene rings is 1. The Balaban J connectivity index is 1.92. The molecule has 3 N–H and O–H groups in total. The first-order chi connectivity index (χ1) is 10.3. The van der Waals surface area contributed by atoms with E-state index in [0.717, 1.165) is 35.7 Å². The van der Waals surface area contributed by atoms with Crippen molar-refractivity contribution in [2.45, 2.75) is 32.1 Å². The monoisotopic (exact) mass is 282 g/mol. The zero-order valence-corrected chi connectivity index (χ0v) is 12.5. The van der Waals surface area contributed by atoms with Gasteiger partial charge in [0.2, 0.25) is 0 Å². The fraction of sp³-hybridized carbons (Fsp3) is 0.412. The van der Waals surface area contributed by atoms with Gasteiger partial charge in [-0.15, -0.1) is 0 Å². The Hall–Kier alpha value is -1.94. The number of nitrogens with one attached hydrogen (secondary N) is 1. The second kappa shape index (κ2) is 6.22. The molecule has 1 aromatic carbocycles. The van der Waals surface area contributed by atoms with Crippen LogP contribution >= 0.6 is 0 Å². The third-order valence-electron chi connectivity index (χ3n) is 3.77. The van der Waals surface area contributed by atoms with Crippen molar-refractivity contribution in [3.8, 4) is 11.3 Å². The van der Waals surface area contributed by atoms with Crippen LogP contribution in [0.25, 0.3) is 11.3 Å². The summed E-state index contributed by atoms with van der Waals surface area (Å²) in [5.74, 6) is 1.54. The van der Waals surface area contributed by atoms with Crippen LogP contribution in [0, 0.1) is 6.92 Å². The number of rotatable bonds is 6. The van der Waals surface area contributed by atoms with Gasteiger partial charge in [0.1, 0.15) is 5.82 Å². The lowest BCUT2D eigenvalue weighted by Crippen LogP contribution is -2.10. The highest BCUT2D eigenvalue weighted by atomic mass is 15.0. The zero-order valence-electron chi connectivity index (χ0n) is 12.5. The molecule has 0 spiro atoms. The summed E-state index contributed by atoms with van der Waals surface area (Å²) in [5, 5.41) is 3.41. The summed E-state index contributed by atoms with van der Waals surface area (Å²) in [5.41, 5.74) is 9.96. The number of anilines is 1. The number of nitrogens with two attached hydrogens (primary N) is 1. The average Bonchev–Trinajstić information content (AvgIpc) is 3.33. The maximum atomic E-state index is 5.56. The van der Waals surface area contributed by atoms with Gasteiger partial charge in [-0.2, -0.15) is 0 Å². The molecule has 2 aromatic rings. The number of aromatic nitrogens is 2. The van der Waals surface area contributed by atoms with Crippen molar-refractivity contribution < 1.29 is 0 Å². The molecule has 4 nitrogen and oxygen atoms in total. The van der Waals surface area contributed by atoms with E-state index in [9.17, 15) is 0 Å². The smallest absolute Gasteiger partial charge is 0.132 e. The fourth-order valence-corrected chi connectivity index (χ4v) is 2.32. The van der Waals surface area contributed by atoms with Crippen LogP contribution < -0.4 is 11.1 Å². The molecule has 1 aromatic heterocycles. The maximum absolute atomic E-state index is 5.56. The van der Waals surface area contributed by atoms with Gasteiger partial charge in [-0.25, -0.2) is 9.97 Å². The van der Waals surface area contributed by atoms with Gasteiger partial charge in [-0.3, -0.25) is 0 Å². The van der Waals surface area contributed by atoms with E-state index in [4.69, 9.17) is 10.7 Å². The lowest BCUT2D eigenvalue weighted by atomic mass is 10.1. The van der Waals surface area contributed by atoms with Gasteiger partial charge < -0.3 is 11.1 Å². The minimum absolute atomic E-state index is 0.562. The molecule has 0 bridgehead atoms. The lowest BCUT2D eigenvalue weighted by molar-refractivity contribution is 0.868. The van der Waals surface area contributed by atoms with Gasteiger partial charge in [-0.05, 0) is 32.7 Å². The predicted molar refractivity (Wildman–Crippen MR) is 86.3 cm³/mol. The second-order valence-corrected chi connectivity index (χ2v) is 5.70. The SMILES string of the molecule is Cc1ccc(-c2nc(C3CC3)ncc2NCCCN)cc1. The Morgan fingerprint density at radius 3 is 2.67 bits per heavy atom. The van der Waals surface area contributed by atoms with Crippen LogP contribution in [0.2, 0.25) is 0 Å². The van der Waals surface area contributed by atoms with Gasteiger partial charge in [-0.1, -0.05) is 29.8 Å². The van der Waals surface area contributed by atoms with Crippen molar-refractivity contribution in [2.75, 3.05) is 18.4 Å². The van der Waals surface area contributed by atoms with Crippen LogP contribution in [0.5, 0.6) is 0 Å². The molecule has 3 rings (SSSR count). The number of hydrogen-bond donors (Lipinski definition) is 2. The summed E-state index contributed by atoms with van der Waals surface area (Å²) in [6.07, 6.45) is 5.30. The second-order valence-electron chi connectivity index (χ2n) is 5.70. The van der Waals surface area contributed by atoms with Crippen LogP contribution in [0.1, 0.15) is 36.6 Å². The summed E-state index contributed by atoms with van der Waals surface area (Å²) >= 11 is 0. The highest BCUT2D eigenvalue weighted by molar-refractivity contribution is 5.73. The van der Waals surface area contributed by atoms with E-state index >= 15 is 0 Å². The Bertz CT molecular complexity index is 603. The first kappa shape index (κ1) is 14.0. The summed E-state index contributed by atoms with van der Waals surface area (Å²) in [6, 6.07) is 8.50. The van der Waals surface area contributed by atoms with E-state index in [2.05, 4.69) is 41.5 Å². The lowest BCUT2D eigenvalue weighted by Gasteiger charge is -2.12. The van der Waals surface area contributed by atoms with Crippen molar-refractivity contribution in [2.24, 2.45) is 5.73 Å². The molecule has 4 heteroatoms. The van der Waals surface area contributed by atoms with Gasteiger partial charge in [0.05, 0.1) is 17.6 Å². The Morgan fingerprint density at radius 2 is 2.00 bits per heavy atom. The first-order valence-corrected chi connectivity index (χ1v) is 7.66. The van der Waals surface area contributed by atoms with Crippen molar-refractivity contribution in [1.82, 2.24) is 9.97 Å². The molecule has 1 aliphatic carbocycles. The summed E-state index contributed by atoms with van der Waals surface area (Å²) < 4.78 is 0. The molecule has 1 fully saturated rings. The maximum Gasteiger partial charge on any atom is 0.132 e. The molecular weight excluding hydrogens is 260 g/mol. The molecule has 0 saturated heterocycles. The zero-order chi connectivity index (χ0) is 14.7. The molecule has 0 atom stereocenters. The minimum Gasteiger partial charge on any atom is -0.382 e. The fourth-order valence-electron chi connectivity index (χ4n) is 2.32. The molecule has 1 heterocycles. The van der Waals surface area contributed by atoms with E-state index < -0.39 is 0 Å². The van der Waals surface area contributed by atoms with Crippen LogP contribution in [-0.2, 0) is 0 Å². The van der Waals surface area contributed by atoms with Gasteiger partial charge in [0.25, 0.3) is 0 Å². The largest absolute Gasteiger partial charge is 0.382 e.